The van der Waals surface area contributed by atoms with Crippen LogP contribution in [0.4, 0.5) is 46.3 Å². The first-order valence-electron chi connectivity index (χ1n) is 19.8. The molecule has 0 bridgehead atoms. The van der Waals surface area contributed by atoms with Gasteiger partial charge in [0.25, 0.3) is 0 Å². The average Bonchev–Trinajstić information content (AvgIpc) is 3.27. The van der Waals surface area contributed by atoms with Crippen molar-refractivity contribution < 1.29 is 243 Å². The molecule has 0 spiro atoms. The van der Waals surface area contributed by atoms with E-state index in [1.54, 1.807) is 6.92 Å². The molecule has 3 N–H and O–H groups in total. The molecule has 42 heteroatoms. The molecule has 0 unspecified atom stereocenters. The van der Waals surface area contributed by atoms with Gasteiger partial charge in [-0.25, -0.2) is 58.9 Å². The zero-order valence-electron chi connectivity index (χ0n) is 41.8. The number of nitrogens with one attached hydrogen (secondary N) is 2. The van der Waals surface area contributed by atoms with Crippen molar-refractivity contribution in [3.8, 4) is 5.75 Å². The smallest absolute Gasteiger partial charge is 0.744 e. The summed E-state index contributed by atoms with van der Waals surface area (Å²) in [6.07, 6.45) is 0. The summed E-state index contributed by atoms with van der Waals surface area (Å²) in [4.78, 5) is 10.4. The van der Waals surface area contributed by atoms with Crippen LogP contribution in [-0.4, -0.2) is 133 Å². The number of rotatable bonds is 22. The number of azo groups is 1. The zero-order valence-corrected chi connectivity index (χ0v) is 57.5. The van der Waals surface area contributed by atoms with Crippen LogP contribution in [0.1, 0.15) is 6.92 Å². The van der Waals surface area contributed by atoms with Crippen molar-refractivity contribution >= 4 is 128 Å². The third kappa shape index (κ3) is 21.2. The Hall–Kier alpha value is -1.46. The Morgan fingerprint density at radius 3 is 1.54 bits per heavy atom. The standard InChI is InChI=1S/C37H36N8O22S7.5Na/c1-2-45(25-7-9-26(10-8-25)68(47,48)16-14-66-73(60,61)62)37-41-35(38-23-4-3-5-27(20-23)69(49,50)17-15-67-74(63,64)65)40-36(42-37)39-24-6-13-31(71(54,55)56)30(21-24)43-44-33-29-12-11-28(70(51,52)53)18-22(29)19-32(34(33)46)72(57,58)59;;;;;/h3-13,18-21,46H,2,14-17H2,1H3,(H,51,52,53)(H,54,55,56)(H,57,58,59)(H,60,61,62)(H,63,64,65)(H2,38,39,40,41,42);;;;;/q;5*+1/p-5. The van der Waals surface area contributed by atoms with E-state index in [4.69, 9.17) is 0 Å². The second-order valence-electron chi connectivity index (χ2n) is 14.6. The van der Waals surface area contributed by atoms with Crippen LogP contribution in [0.2, 0.25) is 0 Å². The molecule has 0 amide bonds. The van der Waals surface area contributed by atoms with Crippen LogP contribution in [0.25, 0.3) is 10.8 Å². The van der Waals surface area contributed by atoms with Crippen molar-refractivity contribution in [2.75, 3.05) is 46.8 Å². The van der Waals surface area contributed by atoms with Gasteiger partial charge in [0.1, 0.15) is 41.7 Å². The van der Waals surface area contributed by atoms with Gasteiger partial charge < -0.3 is 43.4 Å². The second-order valence-corrected chi connectivity index (χ2v) is 25.0. The number of phenols is 1. The minimum Gasteiger partial charge on any atom is -0.744 e. The molecule has 0 atom stereocenters. The Balaban J connectivity index is 0.00000624. The van der Waals surface area contributed by atoms with E-state index in [0.717, 1.165) is 54.6 Å². The number of hydrogen-bond donors (Lipinski definition) is 3. The molecule has 79 heavy (non-hydrogen) atoms. The van der Waals surface area contributed by atoms with Crippen LogP contribution in [-0.2, 0) is 79.2 Å². The fraction of sp³-hybridized carbons (Fsp3) is 0.162. The third-order valence-electron chi connectivity index (χ3n) is 9.62. The Labute approximate surface area is 562 Å². The van der Waals surface area contributed by atoms with Gasteiger partial charge in [-0.15, -0.1) is 10.2 Å². The molecule has 6 rings (SSSR count). The molecule has 1 aromatic heterocycles. The zero-order chi connectivity index (χ0) is 54.8. The number of nitrogens with zero attached hydrogens (tertiary/aromatic N) is 6. The number of hydrogen-bond acceptors (Lipinski definition) is 30. The Morgan fingerprint density at radius 2 is 1.05 bits per heavy atom. The first-order valence-corrected chi connectivity index (χ1v) is 30.0. The van der Waals surface area contributed by atoms with Gasteiger partial charge in [0, 0.05) is 29.0 Å². The van der Waals surface area contributed by atoms with Crippen LogP contribution in [0.15, 0.2) is 126 Å². The molecule has 6 aromatic rings. The van der Waals surface area contributed by atoms with E-state index in [-0.39, 0.29) is 194 Å². The van der Waals surface area contributed by atoms with E-state index >= 15 is 0 Å². The molecular formula is C37H31N8Na5O22S7. The number of sulfone groups is 2. The predicted octanol–water partition coefficient (Wildman–Crippen LogP) is -13.0. The van der Waals surface area contributed by atoms with Gasteiger partial charge in [-0.2, -0.15) is 15.0 Å². The van der Waals surface area contributed by atoms with Crippen LogP contribution in [0.3, 0.4) is 0 Å². The number of anilines is 6. The minimum absolute atomic E-state index is 0. The summed E-state index contributed by atoms with van der Waals surface area (Å²) in [6, 6.07) is 15.1. The average molecular weight is 1280 g/mol. The van der Waals surface area contributed by atoms with Crippen LogP contribution < -0.4 is 163 Å². The molecular weight excluding hydrogens is 1250 g/mol. The van der Waals surface area contributed by atoms with Gasteiger partial charge in [0.2, 0.25) is 38.6 Å². The van der Waals surface area contributed by atoms with Gasteiger partial charge in [0.05, 0.1) is 49.2 Å². The topological polar surface area (TPSA) is 484 Å². The number of fused-ring (bicyclic) bond motifs is 1. The Morgan fingerprint density at radius 1 is 0.544 bits per heavy atom. The van der Waals surface area contributed by atoms with Crippen molar-refractivity contribution in [1.29, 1.82) is 0 Å². The maximum absolute atomic E-state index is 13.0. The molecule has 0 aliphatic heterocycles. The molecule has 0 radical (unpaired) electrons. The summed E-state index contributed by atoms with van der Waals surface area (Å²) in [5.41, 5.74) is -1.71. The first-order chi connectivity index (χ1) is 34.1. The summed E-state index contributed by atoms with van der Waals surface area (Å²) in [5, 5.41) is 23.0. The predicted molar refractivity (Wildman–Crippen MR) is 247 cm³/mol. The van der Waals surface area contributed by atoms with Gasteiger partial charge in [0.15, 0.2) is 25.4 Å². The van der Waals surface area contributed by atoms with E-state index in [0.29, 0.717) is 12.1 Å². The van der Waals surface area contributed by atoms with Crippen molar-refractivity contribution in [3.63, 3.8) is 0 Å². The van der Waals surface area contributed by atoms with Crippen molar-refractivity contribution in [2.45, 2.75) is 31.4 Å². The van der Waals surface area contributed by atoms with Gasteiger partial charge in [-0.1, -0.05) is 12.1 Å². The Kier molecular flexibility index (Phi) is 28.7. The van der Waals surface area contributed by atoms with Crippen LogP contribution in [0, 0.1) is 0 Å². The Bertz CT molecular complexity index is 4060. The van der Waals surface area contributed by atoms with Crippen molar-refractivity contribution in [1.82, 2.24) is 15.0 Å². The first kappa shape index (κ1) is 75.6. The minimum atomic E-state index is -5.56. The number of benzene rings is 5. The van der Waals surface area contributed by atoms with E-state index in [2.05, 4.69) is 44.2 Å². The van der Waals surface area contributed by atoms with Gasteiger partial charge in [-0.3, -0.25) is 8.37 Å². The fourth-order valence-corrected chi connectivity index (χ4v) is 11.1. The van der Waals surface area contributed by atoms with E-state index in [1.165, 1.54) is 29.2 Å². The van der Waals surface area contributed by atoms with E-state index in [9.17, 15) is 86.8 Å². The fourth-order valence-electron chi connectivity index (χ4n) is 6.39. The molecule has 398 valence electrons. The van der Waals surface area contributed by atoms with E-state index in [1.807, 2.05) is 0 Å². The molecule has 5 aromatic carbocycles. The maximum Gasteiger partial charge on any atom is 1.00 e. The third-order valence-corrected chi connectivity index (χ3v) is 16.5. The quantitative estimate of drug-likeness (QED) is 0.0246. The number of phenolic OH excluding ortho intramolecular Hbond substituents is 1. The van der Waals surface area contributed by atoms with Crippen molar-refractivity contribution in [2.24, 2.45) is 10.2 Å². The van der Waals surface area contributed by atoms with Crippen molar-refractivity contribution in [3.05, 3.63) is 91.0 Å². The summed E-state index contributed by atoms with van der Waals surface area (Å²) < 4.78 is 234. The molecule has 0 fully saturated rings. The molecule has 0 aliphatic carbocycles. The summed E-state index contributed by atoms with van der Waals surface area (Å²) in [6.45, 7) is -0.394. The molecule has 1 heterocycles. The maximum atomic E-state index is 13.0. The normalized spacial score (nSPS) is 12.2. The summed E-state index contributed by atoms with van der Waals surface area (Å²) in [7, 11) is -35.1. The summed E-state index contributed by atoms with van der Waals surface area (Å²) >= 11 is 0. The van der Waals surface area contributed by atoms with Crippen LogP contribution >= 0.6 is 0 Å². The molecule has 0 saturated carbocycles. The largest absolute Gasteiger partial charge is 1.00 e. The van der Waals surface area contributed by atoms with Crippen LogP contribution in [0.5, 0.6) is 5.75 Å². The second kappa shape index (κ2) is 30.1. The molecule has 0 aliphatic rings. The summed E-state index contributed by atoms with van der Waals surface area (Å²) in [5.74, 6) is -4.24. The van der Waals surface area contributed by atoms with E-state index < -0.39 is 144 Å². The number of aromatic hydroxyl groups is 1. The molecule has 0 saturated heterocycles. The molecule has 30 nitrogen and oxygen atoms in total. The van der Waals surface area contributed by atoms with Gasteiger partial charge in [-0.05, 0) is 91.2 Å². The van der Waals surface area contributed by atoms with Gasteiger partial charge >= 0.3 is 148 Å². The number of aromatic nitrogens is 3. The monoisotopic (exact) mass is 1280 g/mol. The SMILES string of the molecule is CCN(c1ccc(S(=O)(=O)CCOS(=O)(=O)[O-])cc1)c1nc(Nc2cccc(S(=O)(=O)CCOS(=O)(=O)[O-])c2)nc(Nc2ccc(S(=O)(=O)[O-])c(N=Nc3c(O)c(S(=O)(=O)[O-])cc4cc(S(=O)(=O)[O-])ccc34)c2)n1.[Na+].[Na+].[Na+].[Na+].[Na+].